The summed E-state index contributed by atoms with van der Waals surface area (Å²) in [6.07, 6.45) is 0.680. The van der Waals surface area contributed by atoms with Gasteiger partial charge in [0.2, 0.25) is 0 Å². The van der Waals surface area contributed by atoms with Gasteiger partial charge in [0.1, 0.15) is 0 Å². The van der Waals surface area contributed by atoms with E-state index in [2.05, 4.69) is 10.6 Å². The Morgan fingerprint density at radius 3 is 2.05 bits per heavy atom. The minimum absolute atomic E-state index is 0.167. The van der Waals surface area contributed by atoms with Crippen molar-refractivity contribution in [3.63, 3.8) is 0 Å². The standard InChI is InChI=1S/C14H19N3O3/c1-9(18)11-6-12(10(2)19)8-13(7-11)17-14(20)16-5-3-4-15/h6-8H,3-5,15H2,1-2H3,(H2,16,17,20). The Labute approximate surface area is 117 Å². The lowest BCUT2D eigenvalue weighted by molar-refractivity contribution is 0.101. The van der Waals surface area contributed by atoms with Crippen LogP contribution in [0.3, 0.4) is 0 Å². The van der Waals surface area contributed by atoms with Gasteiger partial charge >= 0.3 is 6.03 Å². The van der Waals surface area contributed by atoms with Gasteiger partial charge in [-0.2, -0.15) is 0 Å². The van der Waals surface area contributed by atoms with Gasteiger partial charge in [-0.05, 0) is 45.0 Å². The van der Waals surface area contributed by atoms with Crippen molar-refractivity contribution in [2.45, 2.75) is 20.3 Å². The molecule has 2 amide bonds. The summed E-state index contributed by atoms with van der Waals surface area (Å²) in [4.78, 5) is 34.4. The Morgan fingerprint density at radius 1 is 1.05 bits per heavy atom. The summed E-state index contributed by atoms with van der Waals surface area (Å²) in [5.41, 5.74) is 6.51. The summed E-state index contributed by atoms with van der Waals surface area (Å²) in [6, 6.07) is 4.20. The number of urea groups is 1. The number of amides is 2. The van der Waals surface area contributed by atoms with Crippen molar-refractivity contribution in [2.75, 3.05) is 18.4 Å². The Bertz CT molecular complexity index is 494. The van der Waals surface area contributed by atoms with Crippen LogP contribution in [0.25, 0.3) is 0 Å². The molecule has 4 N–H and O–H groups in total. The minimum atomic E-state index is -0.395. The Kier molecular flexibility index (Phi) is 5.86. The molecule has 0 unspecified atom stereocenters. The van der Waals surface area contributed by atoms with E-state index in [-0.39, 0.29) is 11.6 Å². The predicted molar refractivity (Wildman–Crippen MR) is 77.1 cm³/mol. The molecular formula is C14H19N3O3. The number of benzene rings is 1. The first-order valence-corrected chi connectivity index (χ1v) is 6.36. The van der Waals surface area contributed by atoms with Crippen LogP contribution in [0.2, 0.25) is 0 Å². The van der Waals surface area contributed by atoms with Crippen LogP contribution in [0.15, 0.2) is 18.2 Å². The highest BCUT2D eigenvalue weighted by Gasteiger charge is 2.09. The summed E-state index contributed by atoms with van der Waals surface area (Å²) in [5.74, 6) is -0.334. The predicted octanol–water partition coefficient (Wildman–Crippen LogP) is 1.56. The summed E-state index contributed by atoms with van der Waals surface area (Å²) >= 11 is 0. The smallest absolute Gasteiger partial charge is 0.319 e. The van der Waals surface area contributed by atoms with E-state index in [4.69, 9.17) is 5.73 Å². The monoisotopic (exact) mass is 277 g/mol. The minimum Gasteiger partial charge on any atom is -0.338 e. The molecule has 1 aromatic rings. The van der Waals surface area contributed by atoms with Gasteiger partial charge in [0.15, 0.2) is 11.6 Å². The van der Waals surface area contributed by atoms with Crippen LogP contribution in [0.5, 0.6) is 0 Å². The van der Waals surface area contributed by atoms with E-state index in [9.17, 15) is 14.4 Å². The van der Waals surface area contributed by atoms with Gasteiger partial charge < -0.3 is 16.4 Å². The van der Waals surface area contributed by atoms with Crippen LogP contribution >= 0.6 is 0 Å². The second kappa shape index (κ2) is 7.40. The van der Waals surface area contributed by atoms with Gasteiger partial charge in [-0.15, -0.1) is 0 Å². The molecule has 0 spiro atoms. The van der Waals surface area contributed by atoms with Gasteiger partial charge in [-0.3, -0.25) is 9.59 Å². The molecule has 0 heterocycles. The van der Waals surface area contributed by atoms with Gasteiger partial charge in [0.25, 0.3) is 0 Å². The molecule has 0 fully saturated rings. The molecule has 0 aliphatic carbocycles. The molecule has 0 aromatic heterocycles. The first-order chi connectivity index (χ1) is 9.43. The van der Waals surface area contributed by atoms with Crippen molar-refractivity contribution in [1.29, 1.82) is 0 Å². The average molecular weight is 277 g/mol. The van der Waals surface area contributed by atoms with E-state index in [0.29, 0.717) is 36.3 Å². The van der Waals surface area contributed by atoms with Crippen molar-refractivity contribution in [2.24, 2.45) is 5.73 Å². The Morgan fingerprint density at radius 2 is 1.60 bits per heavy atom. The van der Waals surface area contributed by atoms with E-state index in [1.165, 1.54) is 32.0 Å². The second-order valence-corrected chi connectivity index (χ2v) is 4.43. The highest BCUT2D eigenvalue weighted by molar-refractivity contribution is 6.02. The number of rotatable bonds is 6. The number of carbonyl (C=O) groups is 3. The molecule has 0 saturated carbocycles. The number of Topliss-reactive ketones (excluding diaryl/α,β-unsaturated/α-hetero) is 2. The molecule has 6 heteroatoms. The maximum atomic E-state index is 11.6. The zero-order chi connectivity index (χ0) is 15.1. The molecule has 6 nitrogen and oxygen atoms in total. The Hall–Kier alpha value is -2.21. The average Bonchev–Trinajstić information content (AvgIpc) is 2.38. The third kappa shape index (κ3) is 4.81. The first kappa shape index (κ1) is 15.8. The van der Waals surface area contributed by atoms with E-state index < -0.39 is 6.03 Å². The van der Waals surface area contributed by atoms with E-state index in [1.807, 2.05) is 0 Å². The van der Waals surface area contributed by atoms with Crippen LogP contribution < -0.4 is 16.4 Å². The Balaban J connectivity index is 2.86. The summed E-state index contributed by atoms with van der Waals surface area (Å²) < 4.78 is 0. The van der Waals surface area contributed by atoms with Gasteiger partial charge in [-0.25, -0.2) is 4.79 Å². The van der Waals surface area contributed by atoms with E-state index in [1.54, 1.807) is 0 Å². The first-order valence-electron chi connectivity index (χ1n) is 6.36. The van der Waals surface area contributed by atoms with Crippen LogP contribution in [0.4, 0.5) is 10.5 Å². The fraction of sp³-hybridized carbons (Fsp3) is 0.357. The molecule has 0 saturated heterocycles. The molecule has 0 bridgehead atoms. The topological polar surface area (TPSA) is 101 Å². The fourth-order valence-electron chi connectivity index (χ4n) is 1.59. The molecular weight excluding hydrogens is 258 g/mol. The summed E-state index contributed by atoms with van der Waals surface area (Å²) in [5, 5.41) is 5.23. The highest BCUT2D eigenvalue weighted by Crippen LogP contribution is 2.16. The number of ketones is 2. The van der Waals surface area contributed by atoms with Crippen molar-refractivity contribution >= 4 is 23.3 Å². The quantitative estimate of drug-likeness (QED) is 0.542. The van der Waals surface area contributed by atoms with Crippen LogP contribution in [0, 0.1) is 0 Å². The van der Waals surface area contributed by atoms with Crippen LogP contribution in [0.1, 0.15) is 41.0 Å². The lowest BCUT2D eigenvalue weighted by Crippen LogP contribution is -2.30. The zero-order valence-corrected chi connectivity index (χ0v) is 11.7. The number of nitrogens with two attached hydrogens (primary N) is 1. The summed E-state index contributed by atoms with van der Waals surface area (Å²) in [7, 11) is 0. The SMILES string of the molecule is CC(=O)c1cc(NC(=O)NCCCN)cc(C(C)=O)c1. The molecule has 108 valence electrons. The van der Waals surface area contributed by atoms with E-state index >= 15 is 0 Å². The molecule has 1 rings (SSSR count). The van der Waals surface area contributed by atoms with Crippen molar-refractivity contribution in [1.82, 2.24) is 5.32 Å². The maximum Gasteiger partial charge on any atom is 0.319 e. The molecule has 0 aliphatic heterocycles. The third-order valence-corrected chi connectivity index (χ3v) is 2.67. The molecule has 20 heavy (non-hydrogen) atoms. The van der Waals surface area contributed by atoms with Crippen molar-refractivity contribution < 1.29 is 14.4 Å². The van der Waals surface area contributed by atoms with Gasteiger partial charge in [-0.1, -0.05) is 0 Å². The second-order valence-electron chi connectivity index (χ2n) is 4.43. The van der Waals surface area contributed by atoms with Gasteiger partial charge in [0, 0.05) is 23.4 Å². The highest BCUT2D eigenvalue weighted by atomic mass is 16.2. The molecule has 1 aromatic carbocycles. The molecule has 0 atom stereocenters. The lowest BCUT2D eigenvalue weighted by atomic mass is 10.0. The number of hydrogen-bond acceptors (Lipinski definition) is 4. The number of carbonyl (C=O) groups excluding carboxylic acids is 3. The zero-order valence-electron chi connectivity index (χ0n) is 11.7. The number of hydrogen-bond donors (Lipinski definition) is 3. The summed E-state index contributed by atoms with van der Waals surface area (Å²) in [6.45, 7) is 3.78. The largest absolute Gasteiger partial charge is 0.338 e. The number of anilines is 1. The normalized spacial score (nSPS) is 9.95. The molecule has 0 radical (unpaired) electrons. The van der Waals surface area contributed by atoms with Gasteiger partial charge in [0.05, 0.1) is 0 Å². The van der Waals surface area contributed by atoms with Crippen molar-refractivity contribution in [3.05, 3.63) is 29.3 Å². The number of nitrogens with one attached hydrogen (secondary N) is 2. The molecule has 0 aliphatic rings. The lowest BCUT2D eigenvalue weighted by Gasteiger charge is -2.09. The fourth-order valence-corrected chi connectivity index (χ4v) is 1.59. The van der Waals surface area contributed by atoms with E-state index in [0.717, 1.165) is 0 Å². The maximum absolute atomic E-state index is 11.6. The van der Waals surface area contributed by atoms with Crippen molar-refractivity contribution in [3.8, 4) is 0 Å². The van der Waals surface area contributed by atoms with Crippen LogP contribution in [-0.2, 0) is 0 Å². The third-order valence-electron chi connectivity index (χ3n) is 2.67. The van der Waals surface area contributed by atoms with Crippen LogP contribution in [-0.4, -0.2) is 30.7 Å².